The summed E-state index contributed by atoms with van der Waals surface area (Å²) in [5.41, 5.74) is 5.47. The third-order valence-electron chi connectivity index (χ3n) is 5.13. The number of thiophene rings is 1. The molecule has 22 heavy (non-hydrogen) atoms. The van der Waals surface area contributed by atoms with E-state index in [0.717, 1.165) is 25.9 Å². The van der Waals surface area contributed by atoms with Crippen molar-refractivity contribution in [2.75, 3.05) is 26.2 Å². The second kappa shape index (κ2) is 8.09. The molecule has 1 aliphatic heterocycles. The molecular weight excluding hydrogens is 294 g/mol. The van der Waals surface area contributed by atoms with Gasteiger partial charge in [-0.3, -0.25) is 9.69 Å². The number of likely N-dealkylation sites (tertiary alicyclic amines) is 1. The van der Waals surface area contributed by atoms with Crippen LogP contribution in [0.3, 0.4) is 0 Å². The highest BCUT2D eigenvalue weighted by molar-refractivity contribution is 7.10. The molecule has 1 atom stereocenters. The SMILES string of the molecule is CCC(CC)(CN)C(=O)NCC(c1cccs1)N1CCCC1. The lowest BCUT2D eigenvalue weighted by molar-refractivity contribution is -0.131. The van der Waals surface area contributed by atoms with E-state index < -0.39 is 5.41 Å². The van der Waals surface area contributed by atoms with E-state index >= 15 is 0 Å². The van der Waals surface area contributed by atoms with Crippen molar-refractivity contribution in [2.24, 2.45) is 11.1 Å². The van der Waals surface area contributed by atoms with Gasteiger partial charge in [-0.25, -0.2) is 0 Å². The number of hydrogen-bond acceptors (Lipinski definition) is 4. The van der Waals surface area contributed by atoms with Crippen LogP contribution in [0, 0.1) is 5.41 Å². The molecule has 0 aliphatic carbocycles. The fraction of sp³-hybridized carbons (Fsp3) is 0.706. The molecule has 2 rings (SSSR count). The Bertz CT molecular complexity index is 442. The second-order valence-electron chi connectivity index (χ2n) is 6.18. The molecule has 1 aromatic heterocycles. The van der Waals surface area contributed by atoms with Crippen molar-refractivity contribution in [3.8, 4) is 0 Å². The number of nitrogens with one attached hydrogen (secondary N) is 1. The fourth-order valence-electron chi connectivity index (χ4n) is 3.27. The van der Waals surface area contributed by atoms with Crippen LogP contribution in [0.1, 0.15) is 50.4 Å². The number of nitrogens with two attached hydrogens (primary N) is 1. The van der Waals surface area contributed by atoms with Gasteiger partial charge in [-0.15, -0.1) is 11.3 Å². The molecule has 1 aliphatic rings. The molecule has 1 amide bonds. The Labute approximate surface area is 138 Å². The third-order valence-corrected chi connectivity index (χ3v) is 6.11. The predicted octanol–water partition coefficient (Wildman–Crippen LogP) is 2.77. The van der Waals surface area contributed by atoms with Crippen LogP contribution in [0.4, 0.5) is 0 Å². The maximum absolute atomic E-state index is 12.6. The Morgan fingerprint density at radius 1 is 1.41 bits per heavy atom. The number of rotatable bonds is 8. The van der Waals surface area contributed by atoms with Gasteiger partial charge in [-0.05, 0) is 50.2 Å². The number of nitrogens with zero attached hydrogens (tertiary/aromatic N) is 1. The van der Waals surface area contributed by atoms with E-state index in [4.69, 9.17) is 5.73 Å². The summed E-state index contributed by atoms with van der Waals surface area (Å²) in [6, 6.07) is 4.57. The average Bonchev–Trinajstić information content (AvgIpc) is 3.24. The molecule has 5 heteroatoms. The Balaban J connectivity index is 2.03. The minimum Gasteiger partial charge on any atom is -0.354 e. The minimum absolute atomic E-state index is 0.112. The molecule has 0 radical (unpaired) electrons. The zero-order valence-electron chi connectivity index (χ0n) is 13.8. The van der Waals surface area contributed by atoms with E-state index in [-0.39, 0.29) is 5.91 Å². The van der Waals surface area contributed by atoms with Crippen LogP contribution in [0.25, 0.3) is 0 Å². The van der Waals surface area contributed by atoms with Gasteiger partial charge in [0.2, 0.25) is 5.91 Å². The van der Waals surface area contributed by atoms with Gasteiger partial charge in [0.1, 0.15) is 0 Å². The van der Waals surface area contributed by atoms with Crippen molar-refractivity contribution in [3.05, 3.63) is 22.4 Å². The first kappa shape index (κ1) is 17.4. The van der Waals surface area contributed by atoms with E-state index in [2.05, 4.69) is 27.7 Å². The molecule has 4 nitrogen and oxygen atoms in total. The molecule has 124 valence electrons. The maximum Gasteiger partial charge on any atom is 0.227 e. The highest BCUT2D eigenvalue weighted by atomic mass is 32.1. The summed E-state index contributed by atoms with van der Waals surface area (Å²) in [5, 5.41) is 5.30. The summed E-state index contributed by atoms with van der Waals surface area (Å²) in [4.78, 5) is 16.5. The quantitative estimate of drug-likeness (QED) is 0.773. The lowest BCUT2D eigenvalue weighted by Gasteiger charge is -2.31. The van der Waals surface area contributed by atoms with Crippen molar-refractivity contribution in [1.29, 1.82) is 0 Å². The zero-order chi connectivity index (χ0) is 16.0. The van der Waals surface area contributed by atoms with E-state index in [1.807, 2.05) is 13.8 Å². The van der Waals surface area contributed by atoms with Gasteiger partial charge in [0.05, 0.1) is 11.5 Å². The molecule has 0 spiro atoms. The normalized spacial score (nSPS) is 17.6. The van der Waals surface area contributed by atoms with Crippen LogP contribution >= 0.6 is 11.3 Å². The highest BCUT2D eigenvalue weighted by Gasteiger charge is 2.34. The first-order valence-corrected chi connectivity index (χ1v) is 9.30. The van der Waals surface area contributed by atoms with Gasteiger partial charge in [0, 0.05) is 18.0 Å². The molecule has 1 fully saturated rings. The van der Waals surface area contributed by atoms with Gasteiger partial charge in [0.15, 0.2) is 0 Å². The third kappa shape index (κ3) is 3.70. The van der Waals surface area contributed by atoms with Crippen molar-refractivity contribution in [1.82, 2.24) is 10.2 Å². The second-order valence-corrected chi connectivity index (χ2v) is 7.16. The molecule has 0 saturated carbocycles. The summed E-state index contributed by atoms with van der Waals surface area (Å²) < 4.78 is 0. The van der Waals surface area contributed by atoms with Gasteiger partial charge in [-0.2, -0.15) is 0 Å². The van der Waals surface area contributed by atoms with Crippen LogP contribution in [0.15, 0.2) is 17.5 Å². The molecule has 1 saturated heterocycles. The number of hydrogen-bond donors (Lipinski definition) is 2. The van der Waals surface area contributed by atoms with Crippen LogP contribution in [0.2, 0.25) is 0 Å². The lowest BCUT2D eigenvalue weighted by Crippen LogP contribution is -2.47. The molecule has 1 unspecified atom stereocenters. The predicted molar refractivity (Wildman–Crippen MR) is 92.9 cm³/mol. The van der Waals surface area contributed by atoms with E-state index in [1.54, 1.807) is 11.3 Å². The summed E-state index contributed by atoms with van der Waals surface area (Å²) in [7, 11) is 0. The van der Waals surface area contributed by atoms with E-state index in [0.29, 0.717) is 19.1 Å². The van der Waals surface area contributed by atoms with Gasteiger partial charge in [-0.1, -0.05) is 19.9 Å². The van der Waals surface area contributed by atoms with Crippen molar-refractivity contribution in [2.45, 2.75) is 45.6 Å². The largest absolute Gasteiger partial charge is 0.354 e. The topological polar surface area (TPSA) is 58.4 Å². The fourth-order valence-corrected chi connectivity index (χ4v) is 4.13. The number of carbonyl (C=O) groups is 1. The summed E-state index contributed by atoms with van der Waals surface area (Å²) >= 11 is 1.78. The summed E-state index contributed by atoms with van der Waals surface area (Å²) in [6.07, 6.45) is 4.09. The standard InChI is InChI=1S/C17H29N3OS/c1-3-17(4-2,13-18)16(21)19-12-14(15-8-7-11-22-15)20-9-5-6-10-20/h7-8,11,14H,3-6,9-10,12-13,18H2,1-2H3,(H,19,21). The summed E-state index contributed by atoms with van der Waals surface area (Å²) in [5.74, 6) is 0.112. The van der Waals surface area contributed by atoms with Gasteiger partial charge >= 0.3 is 0 Å². The van der Waals surface area contributed by atoms with Crippen LogP contribution in [-0.2, 0) is 4.79 Å². The highest BCUT2D eigenvalue weighted by Crippen LogP contribution is 2.29. The van der Waals surface area contributed by atoms with Crippen molar-refractivity contribution >= 4 is 17.2 Å². The van der Waals surface area contributed by atoms with E-state index in [9.17, 15) is 4.79 Å². The monoisotopic (exact) mass is 323 g/mol. The lowest BCUT2D eigenvalue weighted by atomic mass is 9.81. The van der Waals surface area contributed by atoms with E-state index in [1.165, 1.54) is 17.7 Å². The Morgan fingerprint density at radius 2 is 2.09 bits per heavy atom. The molecular formula is C17H29N3OS. The molecule has 3 N–H and O–H groups in total. The van der Waals surface area contributed by atoms with Gasteiger partial charge in [0.25, 0.3) is 0 Å². The maximum atomic E-state index is 12.6. The number of carbonyl (C=O) groups excluding carboxylic acids is 1. The summed E-state index contributed by atoms with van der Waals surface area (Å²) in [6.45, 7) is 7.45. The first-order valence-electron chi connectivity index (χ1n) is 8.42. The van der Waals surface area contributed by atoms with Crippen LogP contribution in [-0.4, -0.2) is 37.0 Å². The number of amides is 1. The van der Waals surface area contributed by atoms with Crippen molar-refractivity contribution in [3.63, 3.8) is 0 Å². The molecule has 2 heterocycles. The zero-order valence-corrected chi connectivity index (χ0v) is 14.6. The molecule has 0 aromatic carbocycles. The smallest absolute Gasteiger partial charge is 0.227 e. The van der Waals surface area contributed by atoms with Crippen LogP contribution in [0.5, 0.6) is 0 Å². The first-order chi connectivity index (χ1) is 10.7. The Morgan fingerprint density at radius 3 is 2.59 bits per heavy atom. The average molecular weight is 324 g/mol. The van der Waals surface area contributed by atoms with Crippen LogP contribution < -0.4 is 11.1 Å². The minimum atomic E-state index is -0.412. The molecule has 1 aromatic rings. The van der Waals surface area contributed by atoms with Gasteiger partial charge < -0.3 is 11.1 Å². The van der Waals surface area contributed by atoms with Crippen molar-refractivity contribution < 1.29 is 4.79 Å². The Hall–Kier alpha value is -0.910. The molecule has 0 bridgehead atoms. The Kier molecular flexibility index (Phi) is 6.41.